The highest BCUT2D eigenvalue weighted by Crippen LogP contribution is 2.28. The normalized spacial score (nSPS) is 12.7. The van der Waals surface area contributed by atoms with Crippen molar-refractivity contribution in [3.8, 4) is 0 Å². The summed E-state index contributed by atoms with van der Waals surface area (Å²) in [6, 6.07) is 3.85. The molecule has 1 N–H and O–H groups in total. The SMILES string of the molecule is O=C(Nc1ccc(Cl)cc1[N+](=O)[O-])c1cnc2n(c1=O)CCS2. The Morgan fingerprint density at radius 1 is 1.48 bits per heavy atom. The van der Waals surface area contributed by atoms with E-state index in [4.69, 9.17) is 11.6 Å². The number of nitro benzene ring substituents is 1. The Labute approximate surface area is 138 Å². The lowest BCUT2D eigenvalue weighted by Gasteiger charge is -2.07. The number of rotatable bonds is 3. The van der Waals surface area contributed by atoms with E-state index < -0.39 is 16.4 Å². The van der Waals surface area contributed by atoms with Gasteiger partial charge in [-0.05, 0) is 12.1 Å². The van der Waals surface area contributed by atoms with E-state index in [-0.39, 0.29) is 22.0 Å². The lowest BCUT2D eigenvalue weighted by Crippen LogP contribution is -2.29. The summed E-state index contributed by atoms with van der Waals surface area (Å²) in [5.41, 5.74) is -1.02. The summed E-state index contributed by atoms with van der Waals surface area (Å²) >= 11 is 7.15. The maximum atomic E-state index is 12.3. The lowest BCUT2D eigenvalue weighted by atomic mass is 10.2. The molecule has 2 heterocycles. The average Bonchev–Trinajstić information content (AvgIpc) is 2.98. The van der Waals surface area contributed by atoms with Crippen molar-refractivity contribution < 1.29 is 9.72 Å². The Kier molecular flexibility index (Phi) is 4.05. The number of halogens is 1. The van der Waals surface area contributed by atoms with Crippen LogP contribution in [0, 0.1) is 10.1 Å². The molecule has 0 aliphatic carbocycles. The zero-order valence-electron chi connectivity index (χ0n) is 11.5. The van der Waals surface area contributed by atoms with Crippen LogP contribution in [0.25, 0.3) is 0 Å². The molecule has 1 aliphatic heterocycles. The fourth-order valence-electron chi connectivity index (χ4n) is 2.12. The first-order valence-electron chi connectivity index (χ1n) is 6.45. The summed E-state index contributed by atoms with van der Waals surface area (Å²) in [6.07, 6.45) is 1.18. The molecular formula is C13H9ClN4O4S. The molecule has 1 aliphatic rings. The van der Waals surface area contributed by atoms with Gasteiger partial charge in [-0.2, -0.15) is 0 Å². The number of hydrogen-bond acceptors (Lipinski definition) is 6. The second kappa shape index (κ2) is 6.01. The first kappa shape index (κ1) is 15.5. The number of nitro groups is 1. The number of nitrogens with one attached hydrogen (secondary N) is 1. The van der Waals surface area contributed by atoms with Crippen LogP contribution in [-0.2, 0) is 6.54 Å². The first-order chi connectivity index (χ1) is 11.0. The van der Waals surface area contributed by atoms with Gasteiger partial charge >= 0.3 is 0 Å². The van der Waals surface area contributed by atoms with E-state index in [1.54, 1.807) is 0 Å². The van der Waals surface area contributed by atoms with Gasteiger partial charge in [0, 0.05) is 29.6 Å². The van der Waals surface area contributed by atoms with Crippen LogP contribution in [-0.4, -0.2) is 26.1 Å². The average molecular weight is 353 g/mol. The number of thioether (sulfide) groups is 1. The standard InChI is InChI=1S/C13H9ClN4O4S/c14-7-1-2-9(10(5-7)18(21)22)16-11(19)8-6-15-13-17(12(8)20)3-4-23-13/h1-2,5-6H,3-4H2,(H,16,19). The van der Waals surface area contributed by atoms with Crippen molar-refractivity contribution in [2.24, 2.45) is 0 Å². The number of benzene rings is 1. The summed E-state index contributed by atoms with van der Waals surface area (Å²) in [4.78, 5) is 39.0. The molecule has 1 aromatic carbocycles. The van der Waals surface area contributed by atoms with Crippen molar-refractivity contribution in [3.05, 3.63) is 55.5 Å². The van der Waals surface area contributed by atoms with Crippen LogP contribution in [0.2, 0.25) is 5.02 Å². The van der Waals surface area contributed by atoms with Crippen molar-refractivity contribution in [2.75, 3.05) is 11.1 Å². The molecule has 0 bridgehead atoms. The first-order valence-corrected chi connectivity index (χ1v) is 7.81. The van der Waals surface area contributed by atoms with Crippen LogP contribution in [0.15, 0.2) is 34.3 Å². The number of hydrogen-bond donors (Lipinski definition) is 1. The summed E-state index contributed by atoms with van der Waals surface area (Å²) < 4.78 is 1.41. The van der Waals surface area contributed by atoms with Crippen LogP contribution in [0.5, 0.6) is 0 Å². The van der Waals surface area contributed by atoms with E-state index in [9.17, 15) is 19.7 Å². The highest BCUT2D eigenvalue weighted by Gasteiger charge is 2.22. The molecule has 8 nitrogen and oxygen atoms in total. The fraction of sp³-hybridized carbons (Fsp3) is 0.154. The molecule has 1 aromatic heterocycles. The third-order valence-electron chi connectivity index (χ3n) is 3.21. The molecule has 0 unspecified atom stereocenters. The van der Waals surface area contributed by atoms with E-state index in [1.807, 2.05) is 0 Å². The summed E-state index contributed by atoms with van der Waals surface area (Å²) in [7, 11) is 0. The quantitative estimate of drug-likeness (QED) is 0.515. The van der Waals surface area contributed by atoms with Crippen molar-refractivity contribution in [1.82, 2.24) is 9.55 Å². The van der Waals surface area contributed by atoms with Gasteiger partial charge in [0.2, 0.25) is 0 Å². The number of carbonyl (C=O) groups excluding carboxylic acids is 1. The Hall–Kier alpha value is -2.39. The van der Waals surface area contributed by atoms with E-state index in [0.717, 1.165) is 11.8 Å². The number of nitrogens with zero attached hydrogens (tertiary/aromatic N) is 3. The zero-order valence-corrected chi connectivity index (χ0v) is 13.1. The smallest absolute Gasteiger partial charge is 0.294 e. The number of carbonyl (C=O) groups is 1. The van der Waals surface area contributed by atoms with Crippen LogP contribution in [0.3, 0.4) is 0 Å². The van der Waals surface area contributed by atoms with Crippen molar-refractivity contribution in [1.29, 1.82) is 0 Å². The van der Waals surface area contributed by atoms with E-state index >= 15 is 0 Å². The van der Waals surface area contributed by atoms with Gasteiger partial charge in [0.25, 0.3) is 17.2 Å². The molecule has 3 rings (SSSR count). The van der Waals surface area contributed by atoms with Crippen molar-refractivity contribution >= 4 is 40.6 Å². The molecule has 0 radical (unpaired) electrons. The number of amides is 1. The Balaban J connectivity index is 1.95. The van der Waals surface area contributed by atoms with E-state index in [2.05, 4.69) is 10.3 Å². The predicted octanol–water partition coefficient (Wildman–Crippen LogP) is 2.16. The topological polar surface area (TPSA) is 107 Å². The van der Waals surface area contributed by atoms with Gasteiger partial charge in [-0.3, -0.25) is 24.3 Å². The molecule has 10 heteroatoms. The monoisotopic (exact) mass is 352 g/mol. The second-order valence-electron chi connectivity index (χ2n) is 4.63. The fourth-order valence-corrected chi connectivity index (χ4v) is 3.20. The van der Waals surface area contributed by atoms with E-state index in [1.165, 1.54) is 34.7 Å². The van der Waals surface area contributed by atoms with Gasteiger partial charge in [-0.15, -0.1) is 0 Å². The molecule has 0 spiro atoms. The van der Waals surface area contributed by atoms with Gasteiger partial charge in [0.1, 0.15) is 11.3 Å². The molecule has 0 fully saturated rings. The summed E-state index contributed by atoms with van der Waals surface area (Å²) in [6.45, 7) is 0.480. The van der Waals surface area contributed by atoms with Crippen LogP contribution in [0.1, 0.15) is 10.4 Å². The van der Waals surface area contributed by atoms with Gasteiger partial charge < -0.3 is 5.32 Å². The number of aromatic nitrogens is 2. The van der Waals surface area contributed by atoms with Crippen LogP contribution in [0.4, 0.5) is 11.4 Å². The molecule has 0 saturated carbocycles. The predicted molar refractivity (Wildman–Crippen MR) is 85.3 cm³/mol. The minimum atomic E-state index is -0.750. The molecule has 0 saturated heterocycles. The van der Waals surface area contributed by atoms with E-state index in [0.29, 0.717) is 11.7 Å². The molecule has 0 atom stereocenters. The molecular weight excluding hydrogens is 344 g/mol. The number of fused-ring (bicyclic) bond motifs is 1. The van der Waals surface area contributed by atoms with Gasteiger partial charge in [0.05, 0.1) is 4.92 Å². The van der Waals surface area contributed by atoms with Crippen LogP contribution >= 0.6 is 23.4 Å². The molecule has 2 aromatic rings. The lowest BCUT2D eigenvalue weighted by molar-refractivity contribution is -0.383. The Bertz CT molecular complexity index is 883. The summed E-state index contributed by atoms with van der Waals surface area (Å²) in [5, 5.41) is 14.1. The second-order valence-corrected chi connectivity index (χ2v) is 6.13. The minimum Gasteiger partial charge on any atom is -0.316 e. The van der Waals surface area contributed by atoms with Gasteiger partial charge in [-0.25, -0.2) is 4.98 Å². The zero-order chi connectivity index (χ0) is 16.6. The van der Waals surface area contributed by atoms with Gasteiger partial charge in [-0.1, -0.05) is 23.4 Å². The minimum absolute atomic E-state index is 0.0383. The third kappa shape index (κ3) is 2.92. The molecule has 23 heavy (non-hydrogen) atoms. The van der Waals surface area contributed by atoms with Crippen molar-refractivity contribution in [2.45, 2.75) is 11.7 Å². The Morgan fingerprint density at radius 2 is 2.26 bits per heavy atom. The maximum absolute atomic E-state index is 12.3. The third-order valence-corrected chi connectivity index (χ3v) is 4.41. The summed E-state index contributed by atoms with van der Waals surface area (Å²) in [5.74, 6) is -0.0317. The van der Waals surface area contributed by atoms with Gasteiger partial charge in [0.15, 0.2) is 5.16 Å². The largest absolute Gasteiger partial charge is 0.316 e. The molecule has 1 amide bonds. The number of anilines is 1. The Morgan fingerprint density at radius 3 is 3.00 bits per heavy atom. The van der Waals surface area contributed by atoms with Crippen molar-refractivity contribution in [3.63, 3.8) is 0 Å². The molecule has 118 valence electrons. The highest BCUT2D eigenvalue weighted by atomic mass is 35.5. The van der Waals surface area contributed by atoms with Crippen LogP contribution < -0.4 is 10.9 Å². The highest BCUT2D eigenvalue weighted by molar-refractivity contribution is 7.99. The maximum Gasteiger partial charge on any atom is 0.294 e.